The number of nitrogens with one attached hydrogen (secondary N) is 1. The Labute approximate surface area is 66.0 Å². The summed E-state index contributed by atoms with van der Waals surface area (Å²) in [7, 11) is 0. The fraction of sp³-hybridized carbons (Fsp3) is 0.222. The first-order valence-corrected chi connectivity index (χ1v) is 3.70. The number of aromatic nitrogens is 2. The highest BCUT2D eigenvalue weighted by Gasteiger charge is 1.82. The lowest BCUT2D eigenvalue weighted by atomic mass is 10.4. The van der Waals surface area contributed by atoms with Gasteiger partial charge < -0.3 is 4.98 Å². The van der Waals surface area contributed by atoms with Crippen molar-refractivity contribution in [2.75, 3.05) is 0 Å². The first kappa shape index (κ1) is 7.79. The molecule has 1 N–H and O–H groups in total. The predicted octanol–water partition coefficient (Wildman–Crippen LogP) is 0.567. The van der Waals surface area contributed by atoms with E-state index in [0.29, 0.717) is 0 Å². The Kier molecular flexibility index (Phi) is 2.66. The molecule has 0 amide bonds. The van der Waals surface area contributed by atoms with E-state index in [9.17, 15) is 0 Å². The van der Waals surface area contributed by atoms with Crippen LogP contribution in [0, 0.1) is 0 Å². The van der Waals surface area contributed by atoms with Crippen LogP contribution in [0.3, 0.4) is 0 Å². The molecule has 58 valence electrons. The molecule has 1 aromatic rings. The van der Waals surface area contributed by atoms with Crippen molar-refractivity contribution >= 4 is 12.2 Å². The summed E-state index contributed by atoms with van der Waals surface area (Å²) < 4.78 is 0. The van der Waals surface area contributed by atoms with Crippen LogP contribution in [0.4, 0.5) is 0 Å². The van der Waals surface area contributed by atoms with Crippen LogP contribution in [-0.4, -0.2) is 9.97 Å². The van der Waals surface area contributed by atoms with Crippen LogP contribution in [0.15, 0.2) is 19.0 Å². The minimum Gasteiger partial charge on any atom is -0.345 e. The Balaban J connectivity index is 3.27. The van der Waals surface area contributed by atoms with Crippen molar-refractivity contribution < 1.29 is 0 Å². The first-order valence-electron chi connectivity index (χ1n) is 3.70. The maximum absolute atomic E-state index is 4.13. The number of imidazole rings is 1. The summed E-state index contributed by atoms with van der Waals surface area (Å²) in [5.74, 6) is 0. The molecule has 11 heavy (non-hydrogen) atoms. The number of hydrogen-bond acceptors (Lipinski definition) is 1. The van der Waals surface area contributed by atoms with Gasteiger partial charge in [0.2, 0.25) is 0 Å². The van der Waals surface area contributed by atoms with Gasteiger partial charge in [0.15, 0.2) is 0 Å². The van der Waals surface area contributed by atoms with E-state index in [-0.39, 0.29) is 0 Å². The van der Waals surface area contributed by atoms with Gasteiger partial charge >= 0.3 is 0 Å². The number of allylic oxidation sites excluding steroid dienone is 1. The molecule has 0 saturated heterocycles. The standard InChI is InChI=1S/C9H12N2/c1-3-5-8-9(6-4-2)11-7-10-8/h3,5-7H,1,4H2,2H3,(H,10,11)/b8-5+,9-6+. The highest BCUT2D eigenvalue weighted by atomic mass is 14.8. The number of aromatic amines is 1. The van der Waals surface area contributed by atoms with Gasteiger partial charge in [-0.2, -0.15) is 0 Å². The van der Waals surface area contributed by atoms with Gasteiger partial charge in [0.05, 0.1) is 17.0 Å². The second kappa shape index (κ2) is 3.76. The Morgan fingerprint density at radius 3 is 3.18 bits per heavy atom. The molecule has 2 heteroatoms. The van der Waals surface area contributed by atoms with E-state index in [2.05, 4.69) is 29.5 Å². The van der Waals surface area contributed by atoms with Crippen molar-refractivity contribution in [3.8, 4) is 0 Å². The molecule has 0 aromatic carbocycles. The average Bonchev–Trinajstić information content (AvgIpc) is 2.39. The van der Waals surface area contributed by atoms with Crippen LogP contribution >= 0.6 is 0 Å². The van der Waals surface area contributed by atoms with Gasteiger partial charge in [0.1, 0.15) is 0 Å². The van der Waals surface area contributed by atoms with Gasteiger partial charge in [-0.1, -0.05) is 25.7 Å². The average molecular weight is 148 g/mol. The van der Waals surface area contributed by atoms with E-state index in [4.69, 9.17) is 0 Å². The van der Waals surface area contributed by atoms with Crippen molar-refractivity contribution in [1.29, 1.82) is 0 Å². The topological polar surface area (TPSA) is 28.7 Å². The van der Waals surface area contributed by atoms with Crippen LogP contribution in [-0.2, 0) is 0 Å². The third-order valence-corrected chi connectivity index (χ3v) is 1.38. The van der Waals surface area contributed by atoms with Crippen molar-refractivity contribution in [2.45, 2.75) is 13.3 Å². The molecular formula is C9H12N2. The SMILES string of the molecule is C=C/C=c1/[nH]cn/c1=C/CC. The van der Waals surface area contributed by atoms with Gasteiger partial charge in [-0.15, -0.1) is 0 Å². The molecule has 1 rings (SSSR count). The van der Waals surface area contributed by atoms with Gasteiger partial charge in [-0.05, 0) is 12.5 Å². The van der Waals surface area contributed by atoms with Gasteiger partial charge in [0.25, 0.3) is 0 Å². The summed E-state index contributed by atoms with van der Waals surface area (Å²) in [6.07, 6.45) is 8.43. The summed E-state index contributed by atoms with van der Waals surface area (Å²) in [5, 5.41) is 2.04. The van der Waals surface area contributed by atoms with Crippen molar-refractivity contribution in [2.24, 2.45) is 0 Å². The molecule has 0 aliphatic carbocycles. The molecule has 0 atom stereocenters. The molecule has 0 fully saturated rings. The van der Waals surface area contributed by atoms with E-state index in [1.54, 1.807) is 12.4 Å². The number of nitrogens with zero attached hydrogens (tertiary/aromatic N) is 1. The number of rotatable bonds is 2. The molecule has 0 bridgehead atoms. The zero-order valence-electron chi connectivity index (χ0n) is 6.67. The molecule has 2 nitrogen and oxygen atoms in total. The number of hydrogen-bond donors (Lipinski definition) is 1. The van der Waals surface area contributed by atoms with E-state index >= 15 is 0 Å². The third-order valence-electron chi connectivity index (χ3n) is 1.38. The van der Waals surface area contributed by atoms with Crippen molar-refractivity contribution in [3.05, 3.63) is 29.7 Å². The third kappa shape index (κ3) is 1.80. The van der Waals surface area contributed by atoms with Gasteiger partial charge in [0, 0.05) is 0 Å². The largest absolute Gasteiger partial charge is 0.345 e. The summed E-state index contributed by atoms with van der Waals surface area (Å²) in [4.78, 5) is 7.16. The molecule has 0 unspecified atom stereocenters. The fourth-order valence-electron chi connectivity index (χ4n) is 0.922. The molecule has 0 aliphatic heterocycles. The van der Waals surface area contributed by atoms with Crippen LogP contribution in [0.1, 0.15) is 13.3 Å². The van der Waals surface area contributed by atoms with E-state index < -0.39 is 0 Å². The lowest BCUT2D eigenvalue weighted by molar-refractivity contribution is 1.23. The summed E-state index contributed by atoms with van der Waals surface area (Å²) >= 11 is 0. The maximum Gasteiger partial charge on any atom is 0.0931 e. The second-order valence-corrected chi connectivity index (χ2v) is 2.22. The summed E-state index contributed by atoms with van der Waals surface area (Å²) in [5.41, 5.74) is 0. The van der Waals surface area contributed by atoms with Crippen LogP contribution in [0.5, 0.6) is 0 Å². The van der Waals surface area contributed by atoms with Crippen LogP contribution in [0.25, 0.3) is 12.2 Å². The first-order chi connectivity index (χ1) is 5.38. The van der Waals surface area contributed by atoms with Crippen molar-refractivity contribution in [3.63, 3.8) is 0 Å². The van der Waals surface area contributed by atoms with Gasteiger partial charge in [-0.25, -0.2) is 4.98 Å². The van der Waals surface area contributed by atoms with Gasteiger partial charge in [-0.3, -0.25) is 0 Å². The lowest BCUT2D eigenvalue weighted by Crippen LogP contribution is -2.23. The predicted molar refractivity (Wildman–Crippen MR) is 47.3 cm³/mol. The fourth-order valence-corrected chi connectivity index (χ4v) is 0.922. The highest BCUT2D eigenvalue weighted by molar-refractivity contribution is 5.33. The molecule has 0 radical (unpaired) electrons. The Hall–Kier alpha value is -1.31. The number of H-pyrrole nitrogens is 1. The maximum atomic E-state index is 4.13. The monoisotopic (exact) mass is 148 g/mol. The Bertz CT molecular complexity index is 333. The molecule has 1 aromatic heterocycles. The molecule has 1 heterocycles. The van der Waals surface area contributed by atoms with Crippen LogP contribution < -0.4 is 10.7 Å². The second-order valence-electron chi connectivity index (χ2n) is 2.22. The minimum absolute atomic E-state index is 1.00. The Morgan fingerprint density at radius 2 is 2.55 bits per heavy atom. The molecule has 0 aliphatic rings. The molecule has 0 spiro atoms. The smallest absolute Gasteiger partial charge is 0.0931 e. The van der Waals surface area contributed by atoms with E-state index in [1.807, 2.05) is 6.08 Å². The summed E-state index contributed by atoms with van der Waals surface area (Å²) in [6, 6.07) is 0. The zero-order valence-corrected chi connectivity index (χ0v) is 6.67. The molecule has 0 saturated carbocycles. The minimum atomic E-state index is 1.00. The normalized spacial score (nSPS) is 13.9. The zero-order chi connectivity index (χ0) is 8.10. The Morgan fingerprint density at radius 1 is 1.73 bits per heavy atom. The lowest BCUT2D eigenvalue weighted by Gasteiger charge is -1.75. The molecular weight excluding hydrogens is 136 g/mol. The summed E-state index contributed by atoms with van der Waals surface area (Å²) in [6.45, 7) is 5.71. The van der Waals surface area contributed by atoms with Crippen molar-refractivity contribution in [1.82, 2.24) is 9.97 Å². The quantitative estimate of drug-likeness (QED) is 0.652. The van der Waals surface area contributed by atoms with Crippen LogP contribution in [0.2, 0.25) is 0 Å². The van der Waals surface area contributed by atoms with E-state index in [1.165, 1.54) is 0 Å². The highest BCUT2D eigenvalue weighted by Crippen LogP contribution is 1.71. The van der Waals surface area contributed by atoms with E-state index in [0.717, 1.165) is 17.1 Å².